The van der Waals surface area contributed by atoms with Gasteiger partial charge in [0, 0.05) is 6.42 Å². The summed E-state index contributed by atoms with van der Waals surface area (Å²) in [6.07, 6.45) is -11.5. The van der Waals surface area contributed by atoms with Gasteiger partial charge in [-0.15, -0.1) is 0 Å². The molecule has 0 amide bonds. The van der Waals surface area contributed by atoms with Crippen molar-refractivity contribution in [3.63, 3.8) is 0 Å². The van der Waals surface area contributed by atoms with E-state index in [0.717, 1.165) is 6.42 Å². The lowest BCUT2D eigenvalue weighted by Gasteiger charge is -2.25. The molecule has 0 N–H and O–H groups in total. The predicted octanol–water partition coefficient (Wildman–Crippen LogP) is 4.59. The number of ether oxygens (including phenoxy) is 1. The van der Waals surface area contributed by atoms with E-state index < -0.39 is 18.5 Å². The van der Waals surface area contributed by atoms with Crippen LogP contribution in [0.25, 0.3) is 0 Å². The highest BCUT2D eigenvalue weighted by atomic mass is 19.4. The molecule has 0 aliphatic heterocycles. The van der Waals surface area contributed by atoms with Gasteiger partial charge in [0.1, 0.15) is 0 Å². The molecule has 0 fully saturated rings. The van der Waals surface area contributed by atoms with Crippen LogP contribution in [0.1, 0.15) is 32.6 Å². The van der Waals surface area contributed by atoms with Crippen LogP contribution in [-0.2, 0) is 4.74 Å². The molecule has 0 saturated heterocycles. The quantitative estimate of drug-likeness (QED) is 0.670. The minimum Gasteiger partial charge on any atom is -0.476 e. The zero-order valence-corrected chi connectivity index (χ0v) is 9.74. The van der Waals surface area contributed by atoms with Crippen LogP contribution in [0.5, 0.6) is 0 Å². The molecule has 0 aromatic rings. The van der Waals surface area contributed by atoms with Crippen molar-refractivity contribution in [3.05, 3.63) is 11.8 Å². The minimum absolute atomic E-state index is 0.115. The normalized spacial score (nSPS) is 22.7. The van der Waals surface area contributed by atoms with E-state index in [2.05, 4.69) is 4.74 Å². The van der Waals surface area contributed by atoms with E-state index in [0.29, 0.717) is 12.8 Å². The maximum atomic E-state index is 12.3. The average molecular weight is 276 g/mol. The molecular weight excluding hydrogens is 262 g/mol. The van der Waals surface area contributed by atoms with Gasteiger partial charge < -0.3 is 4.74 Å². The molecular formula is C11H14F6O. The molecule has 0 saturated carbocycles. The fourth-order valence-corrected chi connectivity index (χ4v) is 1.74. The maximum Gasteiger partial charge on any atom is 0.434 e. The number of alkyl halides is 6. The van der Waals surface area contributed by atoms with E-state index >= 15 is 0 Å². The number of halogens is 6. The zero-order valence-electron chi connectivity index (χ0n) is 9.74. The van der Waals surface area contributed by atoms with Gasteiger partial charge in [-0.05, 0) is 31.3 Å². The molecule has 0 radical (unpaired) electrons. The highest BCUT2D eigenvalue weighted by Gasteiger charge is 2.59. The number of allylic oxidation sites excluding steroid dienone is 2. The summed E-state index contributed by atoms with van der Waals surface area (Å²) in [5.74, 6) is 0.0663. The molecule has 0 bridgehead atoms. The monoisotopic (exact) mass is 276 g/mol. The lowest BCUT2D eigenvalue weighted by Crippen LogP contribution is -2.44. The molecule has 106 valence electrons. The van der Waals surface area contributed by atoms with Crippen LogP contribution in [0.15, 0.2) is 11.8 Å². The van der Waals surface area contributed by atoms with Gasteiger partial charge in [0.25, 0.3) is 6.10 Å². The Morgan fingerprint density at radius 2 is 1.67 bits per heavy atom. The van der Waals surface area contributed by atoms with Crippen molar-refractivity contribution in [1.82, 2.24) is 0 Å². The van der Waals surface area contributed by atoms with Crippen molar-refractivity contribution in [2.75, 3.05) is 0 Å². The first kappa shape index (κ1) is 15.2. The van der Waals surface area contributed by atoms with E-state index in [1.807, 2.05) is 6.92 Å². The van der Waals surface area contributed by atoms with E-state index in [9.17, 15) is 26.3 Å². The third-order valence-electron chi connectivity index (χ3n) is 2.78. The second kappa shape index (κ2) is 5.40. The SMILES string of the molecule is C[C@@H]1CCC=C(OC(C(F)(F)F)C(F)(F)F)CC1. The summed E-state index contributed by atoms with van der Waals surface area (Å²) in [6, 6.07) is 0. The molecule has 0 spiro atoms. The largest absolute Gasteiger partial charge is 0.476 e. The Kier molecular flexibility index (Phi) is 4.55. The Hall–Kier alpha value is -0.880. The lowest BCUT2D eigenvalue weighted by atomic mass is 10.0. The molecule has 0 aromatic carbocycles. The van der Waals surface area contributed by atoms with Crippen LogP contribution in [0.2, 0.25) is 0 Å². The van der Waals surface area contributed by atoms with Gasteiger partial charge in [-0.3, -0.25) is 0 Å². The second-order valence-corrected chi connectivity index (χ2v) is 4.47. The highest BCUT2D eigenvalue weighted by molar-refractivity contribution is 4.98. The van der Waals surface area contributed by atoms with Crippen molar-refractivity contribution in [1.29, 1.82) is 0 Å². The van der Waals surface area contributed by atoms with Gasteiger partial charge in [-0.25, -0.2) is 0 Å². The first-order valence-corrected chi connectivity index (χ1v) is 5.60. The van der Waals surface area contributed by atoms with Gasteiger partial charge in [0.2, 0.25) is 0 Å². The fraction of sp³-hybridized carbons (Fsp3) is 0.818. The predicted molar refractivity (Wildman–Crippen MR) is 52.7 cm³/mol. The van der Waals surface area contributed by atoms with Crippen LogP contribution in [-0.4, -0.2) is 18.5 Å². The summed E-state index contributed by atoms with van der Waals surface area (Å²) in [5, 5.41) is 0. The van der Waals surface area contributed by atoms with Crippen molar-refractivity contribution >= 4 is 0 Å². The van der Waals surface area contributed by atoms with E-state index in [4.69, 9.17) is 0 Å². The molecule has 18 heavy (non-hydrogen) atoms. The number of hydrogen-bond donors (Lipinski definition) is 0. The highest BCUT2D eigenvalue weighted by Crippen LogP contribution is 2.38. The first-order valence-electron chi connectivity index (χ1n) is 5.60. The standard InChI is InChI=1S/C11H14F6O/c1-7-3-2-4-8(6-5-7)18-9(10(12,13)14)11(15,16)17/h4,7,9H,2-3,5-6H2,1H3/t7-/m1/s1. The van der Waals surface area contributed by atoms with Gasteiger partial charge in [0.05, 0.1) is 5.76 Å². The summed E-state index contributed by atoms with van der Waals surface area (Å²) >= 11 is 0. The molecule has 7 heteroatoms. The van der Waals surface area contributed by atoms with Crippen molar-refractivity contribution < 1.29 is 31.1 Å². The Balaban J connectivity index is 2.76. The summed E-state index contributed by atoms with van der Waals surface area (Å²) in [5.41, 5.74) is 0. The van der Waals surface area contributed by atoms with Gasteiger partial charge in [-0.2, -0.15) is 26.3 Å². The molecule has 1 nitrogen and oxygen atoms in total. The Morgan fingerprint density at radius 3 is 2.17 bits per heavy atom. The Morgan fingerprint density at radius 1 is 1.11 bits per heavy atom. The third-order valence-corrected chi connectivity index (χ3v) is 2.78. The molecule has 1 rings (SSSR count). The molecule has 0 heterocycles. The second-order valence-electron chi connectivity index (χ2n) is 4.47. The smallest absolute Gasteiger partial charge is 0.434 e. The Bertz CT molecular complexity index is 290. The van der Waals surface area contributed by atoms with Crippen molar-refractivity contribution in [2.24, 2.45) is 5.92 Å². The maximum absolute atomic E-state index is 12.3. The fourth-order valence-electron chi connectivity index (χ4n) is 1.74. The van der Waals surface area contributed by atoms with Crippen LogP contribution in [0.3, 0.4) is 0 Å². The molecule has 1 aliphatic rings. The molecule has 0 aromatic heterocycles. The van der Waals surface area contributed by atoms with Crippen LogP contribution in [0.4, 0.5) is 26.3 Å². The first-order chi connectivity index (χ1) is 8.10. The summed E-state index contributed by atoms with van der Waals surface area (Å²) in [4.78, 5) is 0. The van der Waals surface area contributed by atoms with E-state index in [-0.39, 0.29) is 18.1 Å². The van der Waals surface area contributed by atoms with E-state index in [1.165, 1.54) is 6.08 Å². The molecule has 1 atom stereocenters. The van der Waals surface area contributed by atoms with E-state index in [1.54, 1.807) is 0 Å². The molecule has 0 unspecified atom stereocenters. The average Bonchev–Trinajstić information content (AvgIpc) is 2.36. The summed E-state index contributed by atoms with van der Waals surface area (Å²) < 4.78 is 77.8. The molecule has 1 aliphatic carbocycles. The topological polar surface area (TPSA) is 9.23 Å². The summed E-state index contributed by atoms with van der Waals surface area (Å²) in [6.45, 7) is 1.90. The van der Waals surface area contributed by atoms with Crippen LogP contribution in [0, 0.1) is 5.92 Å². The van der Waals surface area contributed by atoms with Crippen molar-refractivity contribution in [2.45, 2.75) is 51.1 Å². The van der Waals surface area contributed by atoms with Crippen molar-refractivity contribution in [3.8, 4) is 0 Å². The van der Waals surface area contributed by atoms with Gasteiger partial charge >= 0.3 is 12.4 Å². The zero-order chi connectivity index (χ0) is 14.0. The van der Waals surface area contributed by atoms with Crippen LogP contribution >= 0.6 is 0 Å². The van der Waals surface area contributed by atoms with Gasteiger partial charge in [0.15, 0.2) is 0 Å². The lowest BCUT2D eigenvalue weighted by molar-refractivity contribution is -0.313. The van der Waals surface area contributed by atoms with Crippen LogP contribution < -0.4 is 0 Å². The van der Waals surface area contributed by atoms with Gasteiger partial charge in [-0.1, -0.05) is 6.92 Å². The number of rotatable bonds is 2. The number of hydrogen-bond acceptors (Lipinski definition) is 1. The third kappa shape index (κ3) is 4.42. The summed E-state index contributed by atoms with van der Waals surface area (Å²) in [7, 11) is 0. The minimum atomic E-state index is -5.45. The Labute approximate surface area is 101 Å².